The number of sulfonamides is 2. The lowest BCUT2D eigenvalue weighted by Gasteiger charge is -2.36. The van der Waals surface area contributed by atoms with E-state index in [-0.39, 0.29) is 22.0 Å². The number of benzene rings is 1. The van der Waals surface area contributed by atoms with Gasteiger partial charge in [0.05, 0.1) is 10.6 Å². The fourth-order valence-corrected chi connectivity index (χ4v) is 8.45. The molecular weight excluding hydrogens is 494 g/mol. The topological polar surface area (TPSA) is 159 Å². The van der Waals surface area contributed by atoms with E-state index < -0.39 is 55.1 Å². The molecule has 1 aromatic carbocycles. The Bertz CT molecular complexity index is 1200. The number of amides is 1. The van der Waals surface area contributed by atoms with Gasteiger partial charge in [-0.05, 0) is 47.3 Å². The predicted molar refractivity (Wildman–Crippen MR) is 130 cm³/mol. The Labute approximate surface area is 207 Å². The second kappa shape index (κ2) is 9.22. The zero-order valence-electron chi connectivity index (χ0n) is 20.7. The lowest BCUT2D eigenvalue weighted by atomic mass is 9.70. The minimum absolute atomic E-state index is 0.0503. The highest BCUT2D eigenvalue weighted by molar-refractivity contribution is 7.90. The van der Waals surface area contributed by atoms with E-state index in [1.54, 1.807) is 12.1 Å². The quantitative estimate of drug-likeness (QED) is 0.278. The number of ketones is 1. The third-order valence-corrected chi connectivity index (χ3v) is 10.8. The van der Waals surface area contributed by atoms with Gasteiger partial charge in [0.15, 0.2) is 0 Å². The average molecular weight is 530 g/mol. The van der Waals surface area contributed by atoms with Crippen molar-refractivity contribution >= 4 is 31.7 Å². The van der Waals surface area contributed by atoms with E-state index in [1.165, 1.54) is 17.6 Å². The summed E-state index contributed by atoms with van der Waals surface area (Å²) >= 11 is 0. The third-order valence-electron chi connectivity index (χ3n) is 7.83. The molecule has 12 heteroatoms. The van der Waals surface area contributed by atoms with Crippen LogP contribution in [0.3, 0.4) is 0 Å². The number of hydroxylamine groups is 1. The van der Waals surface area contributed by atoms with Crippen LogP contribution in [0.15, 0.2) is 29.2 Å². The van der Waals surface area contributed by atoms with Gasteiger partial charge in [-0.1, -0.05) is 46.8 Å². The van der Waals surface area contributed by atoms with E-state index >= 15 is 0 Å². The summed E-state index contributed by atoms with van der Waals surface area (Å²) in [7, 11) is -8.27. The summed E-state index contributed by atoms with van der Waals surface area (Å²) in [6.07, 6.45) is 1.53. The van der Waals surface area contributed by atoms with Crippen molar-refractivity contribution in [1.29, 1.82) is 0 Å². The summed E-state index contributed by atoms with van der Waals surface area (Å²) in [5.74, 6) is -1.62. The van der Waals surface area contributed by atoms with Crippen molar-refractivity contribution in [3.8, 4) is 0 Å². The first-order valence-corrected chi connectivity index (χ1v) is 14.7. The summed E-state index contributed by atoms with van der Waals surface area (Å²) < 4.78 is 56.0. The highest BCUT2D eigenvalue weighted by atomic mass is 32.2. The molecule has 10 nitrogen and oxygen atoms in total. The number of rotatable bonds is 9. The second-order valence-corrected chi connectivity index (χ2v) is 14.7. The average Bonchev–Trinajstić information content (AvgIpc) is 3.09. The van der Waals surface area contributed by atoms with Gasteiger partial charge >= 0.3 is 0 Å². The SMILES string of the molecule is CC(C)(C)c1ccc(S(=O)(=O)NCC(NS(=O)(=O)CC23CCC(CC2=O)C3(C)C)C(=O)NO)cc1. The molecule has 1 amide bonds. The van der Waals surface area contributed by atoms with Crippen molar-refractivity contribution in [2.45, 2.75) is 70.2 Å². The Hall–Kier alpha value is -1.86. The van der Waals surface area contributed by atoms with Gasteiger partial charge in [0.2, 0.25) is 20.0 Å². The van der Waals surface area contributed by atoms with Gasteiger partial charge in [0, 0.05) is 18.4 Å². The molecule has 4 N–H and O–H groups in total. The minimum Gasteiger partial charge on any atom is -0.299 e. The van der Waals surface area contributed by atoms with Crippen LogP contribution in [-0.2, 0) is 35.1 Å². The molecule has 0 radical (unpaired) electrons. The molecular formula is C23H35N3O7S2. The van der Waals surface area contributed by atoms with Gasteiger partial charge in [-0.15, -0.1) is 0 Å². The van der Waals surface area contributed by atoms with Crippen molar-refractivity contribution < 1.29 is 31.6 Å². The molecule has 2 aliphatic carbocycles. The predicted octanol–water partition coefficient (Wildman–Crippen LogP) is 1.45. The molecule has 196 valence electrons. The van der Waals surface area contributed by atoms with E-state index in [4.69, 9.17) is 5.21 Å². The first-order chi connectivity index (χ1) is 16.0. The molecule has 0 saturated heterocycles. The van der Waals surface area contributed by atoms with Crippen molar-refractivity contribution in [3.05, 3.63) is 29.8 Å². The van der Waals surface area contributed by atoms with Crippen LogP contribution in [0.1, 0.15) is 59.4 Å². The fourth-order valence-electron chi connectivity index (χ4n) is 5.37. The number of nitrogens with one attached hydrogen (secondary N) is 3. The number of carbonyl (C=O) groups excluding carboxylic acids is 2. The molecule has 1 aromatic rings. The molecule has 2 fully saturated rings. The van der Waals surface area contributed by atoms with E-state index in [2.05, 4.69) is 9.44 Å². The van der Waals surface area contributed by atoms with Crippen LogP contribution in [0.4, 0.5) is 0 Å². The Morgan fingerprint density at radius 1 is 1.14 bits per heavy atom. The van der Waals surface area contributed by atoms with Crippen LogP contribution < -0.4 is 14.9 Å². The van der Waals surface area contributed by atoms with Crippen LogP contribution in [0.2, 0.25) is 0 Å². The van der Waals surface area contributed by atoms with Crippen molar-refractivity contribution in [3.63, 3.8) is 0 Å². The monoisotopic (exact) mass is 529 g/mol. The number of Topliss-reactive ketones (excluding diaryl/α,β-unsaturated/α-hetero) is 1. The molecule has 0 spiro atoms. The maximum atomic E-state index is 13.1. The van der Waals surface area contributed by atoms with Gasteiger partial charge in [0.1, 0.15) is 11.8 Å². The summed E-state index contributed by atoms with van der Waals surface area (Å²) in [4.78, 5) is 24.9. The molecule has 2 bridgehead atoms. The lowest BCUT2D eigenvalue weighted by molar-refractivity contribution is -0.130. The Morgan fingerprint density at radius 2 is 1.74 bits per heavy atom. The number of hydrogen-bond acceptors (Lipinski definition) is 7. The Kier molecular flexibility index (Phi) is 7.30. The van der Waals surface area contributed by atoms with Crippen molar-refractivity contribution in [2.24, 2.45) is 16.7 Å². The van der Waals surface area contributed by atoms with E-state index in [0.29, 0.717) is 12.8 Å². The Balaban J connectivity index is 1.75. The largest absolute Gasteiger partial charge is 0.299 e. The Morgan fingerprint density at radius 3 is 2.20 bits per heavy atom. The van der Waals surface area contributed by atoms with Crippen LogP contribution in [0.25, 0.3) is 0 Å². The van der Waals surface area contributed by atoms with E-state index in [0.717, 1.165) is 12.0 Å². The highest BCUT2D eigenvalue weighted by Gasteiger charge is 2.65. The number of fused-ring (bicyclic) bond motifs is 2. The van der Waals surface area contributed by atoms with Crippen molar-refractivity contribution in [2.75, 3.05) is 12.3 Å². The smallest absolute Gasteiger partial charge is 0.262 e. The standard InChI is InChI=1S/C23H35N3O7S2/c1-21(2,3)15-6-8-17(9-7-15)35(32,33)24-13-18(20(28)25-29)26-34(30,31)14-23-11-10-16(12-19(23)27)22(23,4)5/h6-9,16,18,24,26,29H,10-14H2,1-5H3,(H,25,28). The third kappa shape index (κ3) is 5.31. The molecule has 0 heterocycles. The van der Waals surface area contributed by atoms with Crippen LogP contribution in [0, 0.1) is 16.7 Å². The first-order valence-electron chi connectivity index (χ1n) is 11.5. The molecule has 2 aliphatic rings. The highest BCUT2D eigenvalue weighted by Crippen LogP contribution is 2.64. The van der Waals surface area contributed by atoms with Crippen LogP contribution in [-0.4, -0.2) is 52.1 Å². The second-order valence-electron chi connectivity index (χ2n) is 11.2. The van der Waals surface area contributed by atoms with E-state index in [1.807, 2.05) is 34.6 Å². The fraction of sp³-hybridized carbons (Fsp3) is 0.652. The van der Waals surface area contributed by atoms with Crippen molar-refractivity contribution in [1.82, 2.24) is 14.9 Å². The van der Waals surface area contributed by atoms with E-state index in [9.17, 15) is 26.4 Å². The molecule has 3 rings (SSSR count). The molecule has 0 aliphatic heterocycles. The summed E-state index contributed by atoms with van der Waals surface area (Å²) in [6, 6.07) is 4.60. The van der Waals surface area contributed by atoms with Gasteiger partial charge in [-0.3, -0.25) is 14.8 Å². The normalized spacial score (nSPS) is 25.0. The molecule has 0 aromatic heterocycles. The van der Waals surface area contributed by atoms with Gasteiger partial charge in [-0.25, -0.2) is 31.8 Å². The summed E-state index contributed by atoms with van der Waals surface area (Å²) in [6.45, 7) is 9.12. The number of hydrogen-bond donors (Lipinski definition) is 4. The first kappa shape index (κ1) is 27.7. The van der Waals surface area contributed by atoms with Gasteiger partial charge in [-0.2, -0.15) is 0 Å². The van der Waals surface area contributed by atoms with Gasteiger partial charge < -0.3 is 0 Å². The van der Waals surface area contributed by atoms with Crippen LogP contribution >= 0.6 is 0 Å². The zero-order chi connectivity index (χ0) is 26.4. The maximum absolute atomic E-state index is 13.1. The maximum Gasteiger partial charge on any atom is 0.262 e. The number of carbonyl (C=O) groups is 2. The lowest BCUT2D eigenvalue weighted by Crippen LogP contribution is -2.54. The van der Waals surface area contributed by atoms with Crippen LogP contribution in [0.5, 0.6) is 0 Å². The molecule has 35 heavy (non-hydrogen) atoms. The molecule has 3 atom stereocenters. The molecule has 2 saturated carbocycles. The van der Waals surface area contributed by atoms with Gasteiger partial charge in [0.25, 0.3) is 5.91 Å². The summed E-state index contributed by atoms with van der Waals surface area (Å²) in [5, 5.41) is 9.10. The minimum atomic E-state index is -4.20. The molecule has 3 unspecified atom stereocenters. The zero-order valence-corrected chi connectivity index (χ0v) is 22.3. The summed E-state index contributed by atoms with van der Waals surface area (Å²) in [5.41, 5.74) is 0.563.